The highest BCUT2D eigenvalue weighted by Crippen LogP contribution is 2.17. The summed E-state index contributed by atoms with van der Waals surface area (Å²) < 4.78 is 0. The fraction of sp³-hybridized carbons (Fsp3) is 0.500. The number of hydrogen-bond acceptors (Lipinski definition) is 2. The summed E-state index contributed by atoms with van der Waals surface area (Å²) in [6.45, 7) is 2.26. The number of nitrogens with zero attached hydrogens (tertiary/aromatic N) is 1. The number of halogens is 1. The van der Waals surface area contributed by atoms with Gasteiger partial charge in [0.05, 0.1) is 5.02 Å². The Kier molecular flexibility index (Phi) is 4.19. The first-order chi connectivity index (χ1) is 6.24. The van der Waals surface area contributed by atoms with Crippen molar-refractivity contribution in [1.29, 1.82) is 0 Å². The number of pyridine rings is 1. The zero-order valence-corrected chi connectivity index (χ0v) is 8.46. The van der Waals surface area contributed by atoms with E-state index in [1.807, 2.05) is 13.0 Å². The molecule has 0 amide bonds. The first-order valence-electron chi connectivity index (χ1n) is 4.43. The van der Waals surface area contributed by atoms with E-state index in [4.69, 9.17) is 16.7 Å². The van der Waals surface area contributed by atoms with Gasteiger partial charge in [-0.3, -0.25) is 4.98 Å². The first kappa shape index (κ1) is 10.5. The Morgan fingerprint density at radius 2 is 2.38 bits per heavy atom. The van der Waals surface area contributed by atoms with E-state index in [2.05, 4.69) is 4.98 Å². The van der Waals surface area contributed by atoms with Gasteiger partial charge in [0.2, 0.25) is 0 Å². The molecule has 1 unspecified atom stereocenters. The Hall–Kier alpha value is -0.600. The van der Waals surface area contributed by atoms with Crippen molar-refractivity contribution in [2.75, 3.05) is 6.61 Å². The van der Waals surface area contributed by atoms with E-state index < -0.39 is 0 Å². The number of aryl methyl sites for hydroxylation is 1. The number of rotatable bonds is 4. The highest BCUT2D eigenvalue weighted by Gasteiger charge is 2.03. The molecule has 0 saturated heterocycles. The van der Waals surface area contributed by atoms with Crippen LogP contribution in [-0.4, -0.2) is 16.7 Å². The van der Waals surface area contributed by atoms with Crippen LogP contribution >= 0.6 is 11.6 Å². The van der Waals surface area contributed by atoms with Crippen molar-refractivity contribution in [3.05, 3.63) is 29.0 Å². The average molecular weight is 200 g/mol. The average Bonchev–Trinajstić information content (AvgIpc) is 2.16. The van der Waals surface area contributed by atoms with Crippen LogP contribution in [0.1, 0.15) is 18.9 Å². The summed E-state index contributed by atoms with van der Waals surface area (Å²) in [4.78, 5) is 3.91. The fourth-order valence-electron chi connectivity index (χ4n) is 1.10. The van der Waals surface area contributed by atoms with Crippen LogP contribution in [0, 0.1) is 5.92 Å². The predicted octanol–water partition coefficient (Wildman–Crippen LogP) is 2.30. The Morgan fingerprint density at radius 1 is 1.62 bits per heavy atom. The molecule has 1 aromatic rings. The third kappa shape index (κ3) is 3.33. The van der Waals surface area contributed by atoms with Crippen molar-refractivity contribution in [2.45, 2.75) is 19.8 Å². The van der Waals surface area contributed by atoms with Crippen LogP contribution in [0.15, 0.2) is 18.5 Å². The maximum atomic E-state index is 8.84. The summed E-state index contributed by atoms with van der Waals surface area (Å²) in [6, 6.07) is 1.92. The van der Waals surface area contributed by atoms with Crippen LogP contribution in [0.4, 0.5) is 0 Å². The highest BCUT2D eigenvalue weighted by atomic mass is 35.5. The smallest absolute Gasteiger partial charge is 0.0621 e. The molecule has 1 atom stereocenters. The van der Waals surface area contributed by atoms with Crippen molar-refractivity contribution in [2.24, 2.45) is 5.92 Å². The molecule has 0 aliphatic rings. The second-order valence-corrected chi connectivity index (χ2v) is 3.70. The van der Waals surface area contributed by atoms with Crippen LogP contribution in [0.5, 0.6) is 0 Å². The molecular weight excluding hydrogens is 186 g/mol. The third-order valence-corrected chi connectivity index (χ3v) is 2.41. The zero-order chi connectivity index (χ0) is 9.68. The van der Waals surface area contributed by atoms with E-state index in [1.54, 1.807) is 12.4 Å². The van der Waals surface area contributed by atoms with E-state index >= 15 is 0 Å². The minimum atomic E-state index is 0.239. The fourth-order valence-corrected chi connectivity index (χ4v) is 1.31. The van der Waals surface area contributed by atoms with Crippen LogP contribution in [0.25, 0.3) is 0 Å². The van der Waals surface area contributed by atoms with Gasteiger partial charge in [-0.05, 0) is 30.4 Å². The molecule has 2 nitrogen and oxygen atoms in total. The molecule has 0 aromatic carbocycles. The van der Waals surface area contributed by atoms with Crippen LogP contribution in [-0.2, 0) is 6.42 Å². The maximum Gasteiger partial charge on any atom is 0.0621 e. The summed E-state index contributed by atoms with van der Waals surface area (Å²) in [7, 11) is 0. The van der Waals surface area contributed by atoms with Crippen molar-refractivity contribution < 1.29 is 5.11 Å². The van der Waals surface area contributed by atoms with Gasteiger partial charge in [0.25, 0.3) is 0 Å². The molecule has 1 N–H and O–H groups in total. The molecule has 1 heterocycles. The lowest BCUT2D eigenvalue weighted by Gasteiger charge is -2.07. The zero-order valence-electron chi connectivity index (χ0n) is 7.70. The van der Waals surface area contributed by atoms with Crippen molar-refractivity contribution in [3.63, 3.8) is 0 Å². The molecule has 0 saturated carbocycles. The van der Waals surface area contributed by atoms with Gasteiger partial charge in [-0.15, -0.1) is 0 Å². The van der Waals surface area contributed by atoms with Gasteiger partial charge in [0.1, 0.15) is 0 Å². The molecule has 0 radical (unpaired) electrons. The van der Waals surface area contributed by atoms with Gasteiger partial charge in [-0.2, -0.15) is 0 Å². The molecule has 0 spiro atoms. The molecular formula is C10H14ClNO. The molecule has 3 heteroatoms. The Morgan fingerprint density at radius 3 is 3.00 bits per heavy atom. The molecule has 0 aliphatic carbocycles. The van der Waals surface area contributed by atoms with E-state index in [0.29, 0.717) is 10.9 Å². The standard InChI is InChI=1S/C10H14ClNO/c1-8(7-13)2-3-9-4-5-12-6-10(9)11/h4-6,8,13H,2-3,7H2,1H3. The largest absolute Gasteiger partial charge is 0.396 e. The Labute approximate surface area is 83.6 Å². The molecule has 0 aliphatic heterocycles. The second-order valence-electron chi connectivity index (χ2n) is 3.29. The van der Waals surface area contributed by atoms with Crippen molar-refractivity contribution in [1.82, 2.24) is 4.98 Å². The number of aliphatic hydroxyl groups excluding tert-OH is 1. The predicted molar refractivity (Wildman–Crippen MR) is 53.8 cm³/mol. The van der Waals surface area contributed by atoms with Crippen molar-refractivity contribution in [3.8, 4) is 0 Å². The molecule has 13 heavy (non-hydrogen) atoms. The molecule has 1 rings (SSSR count). The minimum Gasteiger partial charge on any atom is -0.396 e. The van der Waals surface area contributed by atoms with Gasteiger partial charge in [0, 0.05) is 19.0 Å². The van der Waals surface area contributed by atoms with Crippen LogP contribution in [0.2, 0.25) is 5.02 Å². The summed E-state index contributed by atoms with van der Waals surface area (Å²) in [5, 5.41) is 9.55. The van der Waals surface area contributed by atoms with E-state index in [0.717, 1.165) is 18.4 Å². The lowest BCUT2D eigenvalue weighted by Crippen LogP contribution is -2.02. The van der Waals surface area contributed by atoms with Gasteiger partial charge in [-0.1, -0.05) is 18.5 Å². The van der Waals surface area contributed by atoms with Gasteiger partial charge in [0.15, 0.2) is 0 Å². The Balaban J connectivity index is 2.50. The summed E-state index contributed by atoms with van der Waals surface area (Å²) in [6.07, 6.45) is 5.26. The maximum absolute atomic E-state index is 8.84. The third-order valence-electron chi connectivity index (χ3n) is 2.07. The van der Waals surface area contributed by atoms with Crippen molar-refractivity contribution >= 4 is 11.6 Å². The SMILES string of the molecule is CC(CO)CCc1ccncc1Cl. The topological polar surface area (TPSA) is 33.1 Å². The molecule has 0 bridgehead atoms. The lowest BCUT2D eigenvalue weighted by atomic mass is 10.0. The minimum absolute atomic E-state index is 0.239. The van der Waals surface area contributed by atoms with Gasteiger partial charge < -0.3 is 5.11 Å². The highest BCUT2D eigenvalue weighted by molar-refractivity contribution is 6.31. The van der Waals surface area contributed by atoms with Gasteiger partial charge in [-0.25, -0.2) is 0 Å². The second kappa shape index (κ2) is 5.20. The first-order valence-corrected chi connectivity index (χ1v) is 4.81. The van der Waals surface area contributed by atoms with Crippen LogP contribution < -0.4 is 0 Å². The Bertz CT molecular complexity index is 265. The quantitative estimate of drug-likeness (QED) is 0.807. The number of aliphatic hydroxyl groups is 1. The summed E-state index contributed by atoms with van der Waals surface area (Å²) >= 11 is 5.93. The van der Waals surface area contributed by atoms with Crippen LogP contribution in [0.3, 0.4) is 0 Å². The monoisotopic (exact) mass is 199 g/mol. The number of hydrogen-bond donors (Lipinski definition) is 1. The number of aromatic nitrogens is 1. The summed E-state index contributed by atoms with van der Waals surface area (Å²) in [5.74, 6) is 0.337. The molecule has 0 fully saturated rings. The van der Waals surface area contributed by atoms with E-state index in [-0.39, 0.29) is 6.61 Å². The lowest BCUT2D eigenvalue weighted by molar-refractivity contribution is 0.230. The summed E-state index contributed by atoms with van der Waals surface area (Å²) in [5.41, 5.74) is 1.11. The molecule has 72 valence electrons. The van der Waals surface area contributed by atoms with E-state index in [9.17, 15) is 0 Å². The van der Waals surface area contributed by atoms with Gasteiger partial charge >= 0.3 is 0 Å². The van der Waals surface area contributed by atoms with E-state index in [1.165, 1.54) is 0 Å². The molecule has 1 aromatic heterocycles. The normalized spacial score (nSPS) is 12.8.